The third-order valence-electron chi connectivity index (χ3n) is 6.32. The van der Waals surface area contributed by atoms with E-state index in [2.05, 4.69) is 4.90 Å². The van der Waals surface area contributed by atoms with Crippen LogP contribution in [0.2, 0.25) is 0 Å². The van der Waals surface area contributed by atoms with E-state index in [1.54, 1.807) is 4.57 Å². The highest BCUT2D eigenvalue weighted by Crippen LogP contribution is 2.38. The second-order valence-corrected chi connectivity index (χ2v) is 7.79. The molecular formula is C20H20FN3O4. The summed E-state index contributed by atoms with van der Waals surface area (Å²) in [5.41, 5.74) is -0.274. The molecule has 5 heterocycles. The van der Waals surface area contributed by atoms with E-state index in [4.69, 9.17) is 0 Å². The third kappa shape index (κ3) is 2.40. The number of benzene rings is 1. The molecule has 4 aliphatic rings. The Morgan fingerprint density at radius 3 is 2.57 bits per heavy atom. The van der Waals surface area contributed by atoms with Gasteiger partial charge in [0.05, 0.1) is 22.2 Å². The van der Waals surface area contributed by atoms with Crippen LogP contribution in [0.15, 0.2) is 17.1 Å². The number of aromatic nitrogens is 1. The van der Waals surface area contributed by atoms with Gasteiger partial charge in [0.2, 0.25) is 5.43 Å². The first-order valence-electron chi connectivity index (χ1n) is 9.61. The van der Waals surface area contributed by atoms with Crippen molar-refractivity contribution in [3.63, 3.8) is 0 Å². The molecule has 4 aliphatic heterocycles. The zero-order valence-electron chi connectivity index (χ0n) is 15.3. The molecule has 0 radical (unpaired) electrons. The van der Waals surface area contributed by atoms with Gasteiger partial charge in [-0.3, -0.25) is 9.59 Å². The van der Waals surface area contributed by atoms with Gasteiger partial charge in [-0.15, -0.1) is 0 Å². The second kappa shape index (κ2) is 6.13. The quantitative estimate of drug-likeness (QED) is 0.848. The van der Waals surface area contributed by atoms with Gasteiger partial charge in [-0.2, -0.15) is 0 Å². The van der Waals surface area contributed by atoms with Crippen LogP contribution in [-0.2, 0) is 6.54 Å². The van der Waals surface area contributed by atoms with E-state index in [1.165, 1.54) is 6.20 Å². The number of nitrogens with zero attached hydrogens (tertiary/aromatic N) is 3. The predicted molar refractivity (Wildman–Crippen MR) is 101 cm³/mol. The van der Waals surface area contributed by atoms with Crippen molar-refractivity contribution in [2.75, 3.05) is 31.1 Å². The van der Waals surface area contributed by atoms with Gasteiger partial charge in [0.1, 0.15) is 11.4 Å². The maximum Gasteiger partial charge on any atom is 0.341 e. The molecule has 1 aromatic heterocycles. The number of carbonyl (C=O) groups excluding carboxylic acids is 1. The molecule has 146 valence electrons. The number of hydrogen-bond donors (Lipinski definition) is 1. The zero-order chi connectivity index (χ0) is 19.6. The van der Waals surface area contributed by atoms with E-state index in [-0.39, 0.29) is 41.4 Å². The number of ketones is 1. The Bertz CT molecular complexity index is 1090. The normalized spacial score (nSPS) is 23.9. The summed E-state index contributed by atoms with van der Waals surface area (Å²) in [6.07, 6.45) is 3.27. The highest BCUT2D eigenvalue weighted by molar-refractivity contribution is 6.13. The maximum absolute atomic E-state index is 15.3. The first-order chi connectivity index (χ1) is 13.5. The molecule has 0 spiro atoms. The number of fused-ring (bicyclic) bond motifs is 4. The monoisotopic (exact) mass is 385 g/mol. The molecule has 1 aromatic carbocycles. The van der Waals surface area contributed by atoms with Crippen LogP contribution in [0.5, 0.6) is 0 Å². The van der Waals surface area contributed by atoms with Gasteiger partial charge >= 0.3 is 5.97 Å². The number of piperidine rings is 1. The van der Waals surface area contributed by atoms with Gasteiger partial charge in [-0.25, -0.2) is 9.18 Å². The summed E-state index contributed by atoms with van der Waals surface area (Å²) in [6.45, 7) is 3.65. The summed E-state index contributed by atoms with van der Waals surface area (Å²) in [5, 5.41) is 9.29. The van der Waals surface area contributed by atoms with Crippen molar-refractivity contribution in [3.8, 4) is 0 Å². The molecule has 2 aromatic rings. The molecule has 8 heteroatoms. The minimum atomic E-state index is -1.35. The van der Waals surface area contributed by atoms with Crippen LogP contribution in [0.4, 0.5) is 10.1 Å². The molecular weight excluding hydrogens is 365 g/mol. The third-order valence-corrected chi connectivity index (χ3v) is 6.32. The van der Waals surface area contributed by atoms with Crippen LogP contribution in [0.3, 0.4) is 0 Å². The molecule has 3 saturated heterocycles. The van der Waals surface area contributed by atoms with Crippen molar-refractivity contribution in [3.05, 3.63) is 39.4 Å². The van der Waals surface area contributed by atoms with Crippen molar-refractivity contribution in [2.45, 2.75) is 31.8 Å². The number of aryl methyl sites for hydroxylation is 1. The van der Waals surface area contributed by atoms with E-state index in [1.807, 2.05) is 4.90 Å². The highest BCUT2D eigenvalue weighted by atomic mass is 19.1. The van der Waals surface area contributed by atoms with Crippen molar-refractivity contribution >= 4 is 28.3 Å². The standard InChI is InChI=1S/C20H20FN3O4/c21-14-9-12-17-16(18(14)24-8-7-22-4-1-11(24)2-5-22)15(25)3-6-23(17)10-13(19(12)26)20(27)28/h9-11H,1-8H2,(H,27,28). The molecule has 6 rings (SSSR count). The van der Waals surface area contributed by atoms with Crippen molar-refractivity contribution in [1.29, 1.82) is 0 Å². The molecule has 1 N–H and O–H groups in total. The summed E-state index contributed by atoms with van der Waals surface area (Å²) in [7, 11) is 0. The molecule has 0 aliphatic carbocycles. The van der Waals surface area contributed by atoms with Crippen LogP contribution in [0.1, 0.15) is 40.0 Å². The van der Waals surface area contributed by atoms with E-state index in [0.29, 0.717) is 12.1 Å². The van der Waals surface area contributed by atoms with Crippen LogP contribution < -0.4 is 10.3 Å². The minimum Gasteiger partial charge on any atom is -0.477 e. The number of carbonyl (C=O) groups is 2. The summed E-state index contributed by atoms with van der Waals surface area (Å²) in [5.74, 6) is -2.16. The number of carboxylic acid groups (broad SMARTS) is 1. The Morgan fingerprint density at radius 2 is 1.86 bits per heavy atom. The number of Topliss-reactive ketones (excluding diaryl/α,β-unsaturated/α-hetero) is 1. The van der Waals surface area contributed by atoms with Gasteiger partial charge in [0.25, 0.3) is 0 Å². The summed E-state index contributed by atoms with van der Waals surface area (Å²) in [6, 6.07) is 1.28. The van der Waals surface area contributed by atoms with Gasteiger partial charge in [-0.05, 0) is 18.9 Å². The van der Waals surface area contributed by atoms with Crippen molar-refractivity contribution in [1.82, 2.24) is 9.47 Å². The maximum atomic E-state index is 15.3. The number of hydrogen-bond acceptors (Lipinski definition) is 5. The van der Waals surface area contributed by atoms with Crippen LogP contribution >= 0.6 is 0 Å². The molecule has 3 fully saturated rings. The van der Waals surface area contributed by atoms with Crippen LogP contribution in [-0.4, -0.2) is 58.5 Å². The smallest absolute Gasteiger partial charge is 0.341 e. The molecule has 0 atom stereocenters. The molecule has 0 unspecified atom stereocenters. The Hall–Kier alpha value is -2.74. The molecule has 0 saturated carbocycles. The van der Waals surface area contributed by atoms with Gasteiger partial charge in [0, 0.05) is 51.4 Å². The lowest BCUT2D eigenvalue weighted by Crippen LogP contribution is -2.39. The number of pyridine rings is 1. The van der Waals surface area contributed by atoms with Gasteiger partial charge < -0.3 is 19.5 Å². The van der Waals surface area contributed by atoms with Crippen LogP contribution in [0, 0.1) is 5.82 Å². The van der Waals surface area contributed by atoms with E-state index in [9.17, 15) is 19.5 Å². The Balaban J connectivity index is 1.81. The summed E-state index contributed by atoms with van der Waals surface area (Å²) in [4.78, 5) is 41.3. The van der Waals surface area contributed by atoms with E-state index < -0.39 is 22.8 Å². The zero-order valence-corrected chi connectivity index (χ0v) is 15.3. The van der Waals surface area contributed by atoms with Crippen LogP contribution in [0.25, 0.3) is 10.9 Å². The van der Waals surface area contributed by atoms with E-state index >= 15 is 4.39 Å². The fourth-order valence-electron chi connectivity index (χ4n) is 4.93. The second-order valence-electron chi connectivity index (χ2n) is 7.79. The summed E-state index contributed by atoms with van der Waals surface area (Å²) >= 11 is 0. The van der Waals surface area contributed by atoms with Gasteiger partial charge in [0.15, 0.2) is 5.78 Å². The number of anilines is 1. The highest BCUT2D eigenvalue weighted by Gasteiger charge is 2.35. The largest absolute Gasteiger partial charge is 0.477 e. The SMILES string of the molecule is O=C(O)c1cn2c3c(c(N4CCN5CCC4CC5)c(F)cc3c1=O)C(=O)CC2. The first kappa shape index (κ1) is 17.4. The minimum absolute atomic E-state index is 0.0351. The lowest BCUT2D eigenvalue weighted by atomic mass is 9.94. The molecule has 2 bridgehead atoms. The van der Waals surface area contributed by atoms with Crippen molar-refractivity contribution in [2.24, 2.45) is 0 Å². The fourth-order valence-corrected chi connectivity index (χ4v) is 4.93. The lowest BCUT2D eigenvalue weighted by molar-refractivity contribution is 0.0694. The lowest BCUT2D eigenvalue weighted by Gasteiger charge is -2.35. The van der Waals surface area contributed by atoms with Gasteiger partial charge in [-0.1, -0.05) is 0 Å². The number of rotatable bonds is 2. The molecule has 7 nitrogen and oxygen atoms in total. The Kier molecular flexibility index (Phi) is 3.80. The number of carboxylic acids is 1. The average Bonchev–Trinajstić information content (AvgIpc) is 2.99. The number of halogens is 1. The summed E-state index contributed by atoms with van der Waals surface area (Å²) < 4.78 is 17.0. The number of aromatic carboxylic acids is 1. The Labute approximate surface area is 160 Å². The molecule has 0 amide bonds. The van der Waals surface area contributed by atoms with Crippen molar-refractivity contribution < 1.29 is 19.1 Å². The topological polar surface area (TPSA) is 82.8 Å². The Morgan fingerprint density at radius 1 is 1.11 bits per heavy atom. The first-order valence-corrected chi connectivity index (χ1v) is 9.61. The molecule has 28 heavy (non-hydrogen) atoms. The fraction of sp³-hybridized carbons (Fsp3) is 0.450. The van der Waals surface area contributed by atoms with E-state index in [0.717, 1.165) is 38.5 Å². The average molecular weight is 385 g/mol. The predicted octanol–water partition coefficient (Wildman–Crippen LogP) is 1.71.